The number of hydrogen-bond donors (Lipinski definition) is 0. The second kappa shape index (κ2) is 10.7. The first kappa shape index (κ1) is 23.0. The number of para-hydroxylation sites is 1. The van der Waals surface area contributed by atoms with E-state index >= 15 is 0 Å². The van der Waals surface area contributed by atoms with Crippen molar-refractivity contribution in [2.24, 2.45) is 0 Å². The van der Waals surface area contributed by atoms with Gasteiger partial charge in [-0.2, -0.15) is 15.6 Å². The monoisotopic (exact) mass is 476 g/mol. The molecule has 0 aliphatic carbocycles. The molecule has 0 unspecified atom stereocenters. The van der Waals surface area contributed by atoms with Crippen LogP contribution in [0.15, 0.2) is 66.9 Å². The van der Waals surface area contributed by atoms with Crippen molar-refractivity contribution >= 4 is 17.6 Å². The highest BCUT2D eigenvalue weighted by Gasteiger charge is 2.24. The molecule has 1 aliphatic rings. The van der Waals surface area contributed by atoms with Crippen LogP contribution in [0.2, 0.25) is 0 Å². The molecule has 0 amide bonds. The molecule has 1 fully saturated rings. The van der Waals surface area contributed by atoms with Crippen LogP contribution in [0.5, 0.6) is 0 Å². The lowest BCUT2D eigenvalue weighted by molar-refractivity contribution is 0.122. The van der Waals surface area contributed by atoms with Crippen LogP contribution in [-0.4, -0.2) is 50.8 Å². The summed E-state index contributed by atoms with van der Waals surface area (Å²) in [5.74, 6) is 1.13. The first-order valence-electron chi connectivity index (χ1n) is 11.7. The number of morpholine rings is 1. The van der Waals surface area contributed by atoms with Crippen molar-refractivity contribution in [3.63, 3.8) is 0 Å². The Labute approximate surface area is 209 Å². The Morgan fingerprint density at radius 3 is 2.39 bits per heavy atom. The fourth-order valence-corrected chi connectivity index (χ4v) is 4.18. The highest BCUT2D eigenvalue weighted by Crippen LogP contribution is 2.29. The van der Waals surface area contributed by atoms with Gasteiger partial charge in [-0.25, -0.2) is 0 Å². The largest absolute Gasteiger partial charge is 0.378 e. The quantitative estimate of drug-likeness (QED) is 0.372. The molecule has 9 heteroatoms. The zero-order valence-corrected chi connectivity index (χ0v) is 19.7. The van der Waals surface area contributed by atoms with Crippen molar-refractivity contribution in [2.45, 2.75) is 13.0 Å². The molecule has 0 spiro atoms. The molecule has 5 rings (SSSR count). The van der Waals surface area contributed by atoms with Gasteiger partial charge in [0.25, 0.3) is 0 Å². The Kier molecular flexibility index (Phi) is 6.83. The van der Waals surface area contributed by atoms with Crippen LogP contribution in [0.3, 0.4) is 0 Å². The van der Waals surface area contributed by atoms with E-state index < -0.39 is 0 Å². The highest BCUT2D eigenvalue weighted by atomic mass is 16.5. The average molecular weight is 477 g/mol. The van der Waals surface area contributed by atoms with Crippen LogP contribution < -0.4 is 4.90 Å². The molecule has 36 heavy (non-hydrogen) atoms. The summed E-state index contributed by atoms with van der Waals surface area (Å²) in [6, 6.07) is 24.1. The van der Waals surface area contributed by atoms with E-state index in [1.54, 1.807) is 10.8 Å². The van der Waals surface area contributed by atoms with Crippen molar-refractivity contribution in [3.8, 4) is 29.1 Å². The third-order valence-corrected chi connectivity index (χ3v) is 5.91. The molecule has 2 aromatic carbocycles. The molecule has 0 atom stereocenters. The predicted octanol–water partition coefficient (Wildman–Crippen LogP) is 3.95. The van der Waals surface area contributed by atoms with Crippen LogP contribution in [0, 0.1) is 22.7 Å². The summed E-state index contributed by atoms with van der Waals surface area (Å²) in [6.07, 6.45) is 4.00. The Morgan fingerprint density at radius 1 is 0.972 bits per heavy atom. The minimum Gasteiger partial charge on any atom is -0.378 e. The van der Waals surface area contributed by atoms with Gasteiger partial charge < -0.3 is 9.64 Å². The van der Waals surface area contributed by atoms with Gasteiger partial charge >= 0.3 is 0 Å². The highest BCUT2D eigenvalue weighted by molar-refractivity contribution is 5.91. The molecule has 0 N–H and O–H groups in total. The summed E-state index contributed by atoms with van der Waals surface area (Å²) in [5, 5.41) is 32.9. The first-order valence-corrected chi connectivity index (χ1v) is 11.7. The predicted molar refractivity (Wildman–Crippen MR) is 136 cm³/mol. The zero-order valence-electron chi connectivity index (χ0n) is 19.7. The summed E-state index contributed by atoms with van der Waals surface area (Å²) >= 11 is 0. The minimum atomic E-state index is 0.343. The summed E-state index contributed by atoms with van der Waals surface area (Å²) in [4.78, 5) is 2.12. The average Bonchev–Trinajstić information content (AvgIpc) is 3.56. The number of rotatable bonds is 7. The van der Waals surface area contributed by atoms with Crippen molar-refractivity contribution in [3.05, 3.63) is 78.2 Å². The Hall–Kier alpha value is -4.73. The minimum absolute atomic E-state index is 0.343. The van der Waals surface area contributed by atoms with Crippen molar-refractivity contribution in [2.75, 3.05) is 31.2 Å². The summed E-state index contributed by atoms with van der Waals surface area (Å²) in [7, 11) is 0. The van der Waals surface area contributed by atoms with Crippen LogP contribution >= 0.6 is 0 Å². The summed E-state index contributed by atoms with van der Waals surface area (Å²) in [5.41, 5.74) is 3.66. The third-order valence-electron chi connectivity index (χ3n) is 5.91. The number of aromatic nitrogens is 5. The molecule has 1 saturated heterocycles. The number of ether oxygens (including phenoxy) is 1. The van der Waals surface area contributed by atoms with Gasteiger partial charge in [0.15, 0.2) is 5.82 Å². The molecule has 178 valence electrons. The Morgan fingerprint density at radius 2 is 1.69 bits per heavy atom. The first-order chi connectivity index (χ1) is 17.8. The van der Waals surface area contributed by atoms with E-state index in [1.165, 1.54) is 0 Å². The number of benzene rings is 2. The van der Waals surface area contributed by atoms with Gasteiger partial charge in [0.1, 0.15) is 6.07 Å². The van der Waals surface area contributed by atoms with E-state index in [0.717, 1.165) is 22.5 Å². The molecule has 1 aliphatic heterocycles. The van der Waals surface area contributed by atoms with Crippen molar-refractivity contribution in [1.29, 1.82) is 10.5 Å². The standard InChI is InChI=1S/C27H24N8O/c28-12-7-13-34-20-23(25(32-34)21-8-3-1-4-9-21)18-22(19-29)26-30-31-27(33-14-16-36-17-15-33)35(26)24-10-5-2-6-11-24/h1-6,8-11,18,20H,7,13-17H2/b22-18+. The van der Waals surface area contributed by atoms with Gasteiger partial charge in [-0.05, 0) is 18.2 Å². The second-order valence-electron chi connectivity index (χ2n) is 8.23. The van der Waals surface area contributed by atoms with Crippen LogP contribution in [0.25, 0.3) is 28.6 Å². The number of aryl methyl sites for hydroxylation is 1. The van der Waals surface area contributed by atoms with E-state index in [-0.39, 0.29) is 0 Å². The number of anilines is 1. The lowest BCUT2D eigenvalue weighted by Crippen LogP contribution is -2.38. The van der Waals surface area contributed by atoms with Crippen molar-refractivity contribution in [1.82, 2.24) is 24.5 Å². The van der Waals surface area contributed by atoms with Gasteiger partial charge in [0.2, 0.25) is 5.95 Å². The number of hydrogen-bond acceptors (Lipinski definition) is 7. The lowest BCUT2D eigenvalue weighted by atomic mass is 10.1. The van der Waals surface area contributed by atoms with Crippen molar-refractivity contribution < 1.29 is 4.74 Å². The van der Waals surface area contributed by atoms with Crippen LogP contribution in [0.1, 0.15) is 17.8 Å². The van der Waals surface area contributed by atoms with Crippen LogP contribution in [0.4, 0.5) is 5.95 Å². The molecular weight excluding hydrogens is 452 g/mol. The van der Waals surface area contributed by atoms with Gasteiger partial charge in [0.05, 0.1) is 49.2 Å². The Balaban J connectivity index is 1.63. The van der Waals surface area contributed by atoms with E-state index in [0.29, 0.717) is 56.6 Å². The maximum absolute atomic E-state index is 10.2. The maximum Gasteiger partial charge on any atom is 0.232 e. The van der Waals surface area contributed by atoms with E-state index in [4.69, 9.17) is 15.1 Å². The fourth-order valence-electron chi connectivity index (χ4n) is 4.18. The normalized spacial score (nSPS) is 13.8. The van der Waals surface area contributed by atoms with Crippen LogP contribution in [-0.2, 0) is 11.3 Å². The van der Waals surface area contributed by atoms with Gasteiger partial charge in [0, 0.05) is 30.4 Å². The fraction of sp³-hybridized carbons (Fsp3) is 0.222. The third kappa shape index (κ3) is 4.74. The summed E-state index contributed by atoms with van der Waals surface area (Å²) in [6.45, 7) is 3.08. The molecule has 4 aromatic rings. The summed E-state index contributed by atoms with van der Waals surface area (Å²) < 4.78 is 9.18. The molecule has 3 heterocycles. The van der Waals surface area contributed by atoms with E-state index in [2.05, 4.69) is 27.2 Å². The Bertz CT molecular complexity index is 1430. The zero-order chi connectivity index (χ0) is 24.7. The molecule has 2 aromatic heterocycles. The topological polar surface area (TPSA) is 109 Å². The molecular formula is C27H24N8O. The number of nitriles is 2. The van der Waals surface area contributed by atoms with Gasteiger partial charge in [-0.3, -0.25) is 9.25 Å². The lowest BCUT2D eigenvalue weighted by Gasteiger charge is -2.28. The molecule has 0 saturated carbocycles. The number of nitrogens with zero attached hydrogens (tertiary/aromatic N) is 8. The van der Waals surface area contributed by atoms with E-state index in [1.807, 2.05) is 71.4 Å². The van der Waals surface area contributed by atoms with E-state index in [9.17, 15) is 5.26 Å². The molecule has 9 nitrogen and oxygen atoms in total. The number of allylic oxidation sites excluding steroid dienone is 1. The van der Waals surface area contributed by atoms with Gasteiger partial charge in [-0.1, -0.05) is 48.5 Å². The SMILES string of the molecule is N#CCCn1cc(/C=C(\C#N)c2nnc(N3CCOCC3)n2-c2ccccc2)c(-c2ccccc2)n1. The smallest absolute Gasteiger partial charge is 0.232 e. The maximum atomic E-state index is 10.2. The van der Waals surface area contributed by atoms with Gasteiger partial charge in [-0.15, -0.1) is 10.2 Å². The second-order valence-corrected chi connectivity index (χ2v) is 8.23. The molecule has 0 bridgehead atoms. The molecule has 0 radical (unpaired) electrons.